The van der Waals surface area contributed by atoms with Crippen LogP contribution in [0.4, 0.5) is 0 Å². The third-order valence-electron chi connectivity index (χ3n) is 3.90. The highest BCUT2D eigenvalue weighted by Gasteiger charge is 2.22. The van der Waals surface area contributed by atoms with E-state index in [0.717, 1.165) is 29.4 Å². The predicted molar refractivity (Wildman–Crippen MR) is 77.6 cm³/mol. The van der Waals surface area contributed by atoms with Gasteiger partial charge in [-0.05, 0) is 45.2 Å². The number of aryl methyl sites for hydroxylation is 2. The lowest BCUT2D eigenvalue weighted by molar-refractivity contribution is 0.0905. The highest BCUT2D eigenvalue weighted by Crippen LogP contribution is 2.27. The molecule has 0 atom stereocenters. The molecule has 0 aromatic carbocycles. The number of carbonyl (C=O) groups excluding carboxylic acids is 1. The zero-order valence-electron chi connectivity index (χ0n) is 11.7. The van der Waals surface area contributed by atoms with Crippen LogP contribution in [0, 0.1) is 19.8 Å². The summed E-state index contributed by atoms with van der Waals surface area (Å²) >= 11 is 1.72. The maximum atomic E-state index is 12.3. The lowest BCUT2D eigenvalue weighted by Crippen LogP contribution is -2.36. The van der Waals surface area contributed by atoms with Gasteiger partial charge >= 0.3 is 0 Å². The lowest BCUT2D eigenvalue weighted by atomic mass is 9.85. The summed E-state index contributed by atoms with van der Waals surface area (Å²) in [6, 6.07) is 2.04. The molecule has 0 N–H and O–H groups in total. The normalized spacial score (nSPS) is 16.0. The Morgan fingerprint density at radius 3 is 2.61 bits per heavy atom. The average Bonchev–Trinajstić information content (AvgIpc) is 2.61. The molecule has 0 spiro atoms. The van der Waals surface area contributed by atoms with Gasteiger partial charge in [0.1, 0.15) is 0 Å². The van der Waals surface area contributed by atoms with Crippen LogP contribution in [0.25, 0.3) is 0 Å². The van der Waals surface area contributed by atoms with E-state index in [-0.39, 0.29) is 5.78 Å². The van der Waals surface area contributed by atoms with Gasteiger partial charge in [-0.3, -0.25) is 9.69 Å². The minimum Gasteiger partial charge on any atom is -0.296 e. The fourth-order valence-corrected chi connectivity index (χ4v) is 3.48. The summed E-state index contributed by atoms with van der Waals surface area (Å²) in [4.78, 5) is 17.0. The molecular weight excluding hydrogens is 242 g/mol. The minimum atomic E-state index is 0.290. The number of rotatable bonds is 6. The van der Waals surface area contributed by atoms with Crippen molar-refractivity contribution < 1.29 is 4.79 Å². The maximum absolute atomic E-state index is 12.3. The topological polar surface area (TPSA) is 20.3 Å². The van der Waals surface area contributed by atoms with E-state index in [2.05, 4.69) is 18.7 Å². The molecule has 1 aliphatic rings. The molecule has 1 heterocycles. The number of hydrogen-bond donors (Lipinski definition) is 0. The van der Waals surface area contributed by atoms with Gasteiger partial charge in [0.2, 0.25) is 0 Å². The fraction of sp³-hybridized carbons (Fsp3) is 0.667. The van der Waals surface area contributed by atoms with Gasteiger partial charge < -0.3 is 0 Å². The molecular formula is C15H23NOS. The van der Waals surface area contributed by atoms with Gasteiger partial charge in [0, 0.05) is 21.9 Å². The van der Waals surface area contributed by atoms with Gasteiger partial charge in [-0.1, -0.05) is 13.3 Å². The van der Waals surface area contributed by atoms with Crippen LogP contribution in [0.15, 0.2) is 6.07 Å². The van der Waals surface area contributed by atoms with E-state index in [1.54, 1.807) is 11.3 Å². The van der Waals surface area contributed by atoms with Crippen LogP contribution in [-0.4, -0.2) is 30.3 Å². The first-order valence-corrected chi connectivity index (χ1v) is 7.74. The summed E-state index contributed by atoms with van der Waals surface area (Å²) < 4.78 is 0. The number of likely N-dealkylation sites (N-methyl/N-ethyl adjacent to an activating group) is 1. The van der Waals surface area contributed by atoms with E-state index in [4.69, 9.17) is 0 Å². The molecule has 1 saturated carbocycles. The summed E-state index contributed by atoms with van der Waals surface area (Å²) in [6.45, 7) is 8.93. The van der Waals surface area contributed by atoms with Crippen molar-refractivity contribution in [2.75, 3.05) is 19.6 Å². The van der Waals surface area contributed by atoms with Gasteiger partial charge in [-0.25, -0.2) is 0 Å². The SMILES string of the molecule is CCN(CC(=O)c1cc(C)sc1C)CC1CCC1. The van der Waals surface area contributed by atoms with Crippen molar-refractivity contribution in [3.05, 3.63) is 21.4 Å². The molecule has 1 aromatic heterocycles. The summed E-state index contributed by atoms with van der Waals surface area (Å²) in [6.07, 6.45) is 4.07. The van der Waals surface area contributed by atoms with Crippen molar-refractivity contribution in [3.63, 3.8) is 0 Å². The summed E-state index contributed by atoms with van der Waals surface area (Å²) in [5.74, 6) is 1.13. The van der Waals surface area contributed by atoms with E-state index < -0.39 is 0 Å². The average molecular weight is 265 g/mol. The Kier molecular flexibility index (Phi) is 4.57. The van der Waals surface area contributed by atoms with E-state index >= 15 is 0 Å². The zero-order valence-corrected chi connectivity index (χ0v) is 12.5. The van der Waals surface area contributed by atoms with Crippen LogP contribution in [0.1, 0.15) is 46.3 Å². The predicted octanol–water partition coefficient (Wildman–Crippen LogP) is 3.67. The molecule has 0 saturated heterocycles. The quantitative estimate of drug-likeness (QED) is 0.731. The monoisotopic (exact) mass is 265 g/mol. The van der Waals surface area contributed by atoms with Crippen LogP contribution in [0.2, 0.25) is 0 Å². The van der Waals surface area contributed by atoms with Gasteiger partial charge in [0.15, 0.2) is 5.78 Å². The van der Waals surface area contributed by atoms with E-state index in [9.17, 15) is 4.79 Å². The highest BCUT2D eigenvalue weighted by molar-refractivity contribution is 7.12. The van der Waals surface area contributed by atoms with Gasteiger partial charge in [-0.15, -0.1) is 11.3 Å². The van der Waals surface area contributed by atoms with Crippen LogP contribution < -0.4 is 0 Å². The second kappa shape index (κ2) is 5.98. The standard InChI is InChI=1S/C15H23NOS/c1-4-16(9-13-6-5-7-13)10-15(17)14-8-11(2)18-12(14)3/h8,13H,4-7,9-10H2,1-3H3. The van der Waals surface area contributed by atoms with Crippen molar-refractivity contribution in [3.8, 4) is 0 Å². The first kappa shape index (κ1) is 13.8. The van der Waals surface area contributed by atoms with Crippen LogP contribution >= 0.6 is 11.3 Å². The highest BCUT2D eigenvalue weighted by atomic mass is 32.1. The second-order valence-electron chi connectivity index (χ2n) is 5.37. The Morgan fingerprint density at radius 2 is 2.17 bits per heavy atom. The minimum absolute atomic E-state index is 0.290. The second-order valence-corrected chi connectivity index (χ2v) is 6.84. The summed E-state index contributed by atoms with van der Waals surface area (Å²) in [5.41, 5.74) is 0.935. The first-order chi connectivity index (χ1) is 8.60. The molecule has 0 amide bonds. The molecule has 0 unspecified atom stereocenters. The molecule has 100 valence electrons. The Balaban J connectivity index is 1.93. The van der Waals surface area contributed by atoms with Gasteiger partial charge in [-0.2, -0.15) is 0 Å². The third kappa shape index (κ3) is 3.21. The lowest BCUT2D eigenvalue weighted by Gasteiger charge is -2.31. The third-order valence-corrected chi connectivity index (χ3v) is 4.86. The molecule has 0 aliphatic heterocycles. The molecule has 0 bridgehead atoms. The molecule has 3 heteroatoms. The Morgan fingerprint density at radius 1 is 1.44 bits per heavy atom. The molecule has 1 aromatic rings. The smallest absolute Gasteiger partial charge is 0.177 e. The fourth-order valence-electron chi connectivity index (χ4n) is 2.54. The van der Waals surface area contributed by atoms with Gasteiger partial charge in [0.05, 0.1) is 6.54 Å². The van der Waals surface area contributed by atoms with Crippen molar-refractivity contribution in [1.82, 2.24) is 4.90 Å². The van der Waals surface area contributed by atoms with Crippen LogP contribution in [0.3, 0.4) is 0 Å². The molecule has 18 heavy (non-hydrogen) atoms. The number of nitrogens with zero attached hydrogens (tertiary/aromatic N) is 1. The van der Waals surface area contributed by atoms with Crippen molar-refractivity contribution in [1.29, 1.82) is 0 Å². The number of ketones is 1. The number of carbonyl (C=O) groups is 1. The Bertz CT molecular complexity index is 420. The molecule has 0 radical (unpaired) electrons. The summed E-state index contributed by atoms with van der Waals surface area (Å²) in [7, 11) is 0. The Hall–Kier alpha value is -0.670. The Labute approximate surface area is 114 Å². The van der Waals surface area contributed by atoms with Crippen LogP contribution in [-0.2, 0) is 0 Å². The van der Waals surface area contributed by atoms with Crippen molar-refractivity contribution in [2.45, 2.75) is 40.0 Å². The van der Waals surface area contributed by atoms with E-state index in [1.807, 2.05) is 13.0 Å². The first-order valence-electron chi connectivity index (χ1n) is 6.92. The number of hydrogen-bond acceptors (Lipinski definition) is 3. The number of thiophene rings is 1. The molecule has 1 fully saturated rings. The van der Waals surface area contributed by atoms with E-state index in [0.29, 0.717) is 6.54 Å². The van der Waals surface area contributed by atoms with Crippen molar-refractivity contribution >= 4 is 17.1 Å². The maximum Gasteiger partial charge on any atom is 0.177 e. The van der Waals surface area contributed by atoms with Crippen LogP contribution in [0.5, 0.6) is 0 Å². The largest absolute Gasteiger partial charge is 0.296 e. The summed E-state index contributed by atoms with van der Waals surface area (Å²) in [5, 5.41) is 0. The zero-order chi connectivity index (χ0) is 13.1. The molecule has 1 aliphatic carbocycles. The number of Topliss-reactive ketones (excluding diaryl/α,β-unsaturated/α-hetero) is 1. The van der Waals surface area contributed by atoms with Gasteiger partial charge in [0.25, 0.3) is 0 Å². The molecule has 2 rings (SSSR count). The molecule has 2 nitrogen and oxygen atoms in total. The van der Waals surface area contributed by atoms with Crippen molar-refractivity contribution in [2.24, 2.45) is 5.92 Å². The van der Waals surface area contributed by atoms with E-state index in [1.165, 1.54) is 24.1 Å².